The zero-order chi connectivity index (χ0) is 54.9. The van der Waals surface area contributed by atoms with E-state index in [0.29, 0.717) is 58.1 Å². The van der Waals surface area contributed by atoms with Gasteiger partial charge >= 0.3 is 118 Å². The van der Waals surface area contributed by atoms with Crippen molar-refractivity contribution in [3.63, 3.8) is 0 Å². The molecular weight excluding hydrogens is 1060 g/mol. The van der Waals surface area contributed by atoms with Crippen molar-refractivity contribution >= 4 is 58.1 Å². The molecule has 0 spiro atoms. The van der Waals surface area contributed by atoms with Crippen LogP contribution in [0, 0.1) is 11.8 Å². The molecule has 19 nitrogen and oxygen atoms in total. The second-order valence-electron chi connectivity index (χ2n) is 16.7. The minimum atomic E-state index is -1.13. The summed E-state index contributed by atoms with van der Waals surface area (Å²) in [5.74, 6) is -2.43. The predicted molar refractivity (Wildman–Crippen MR) is 278 cm³/mol. The van der Waals surface area contributed by atoms with E-state index < -0.39 is 35.7 Å². The maximum absolute atomic E-state index is 11.8. The van der Waals surface area contributed by atoms with Gasteiger partial charge in [0.05, 0.1) is 26.4 Å². The SMILES string of the molecule is COc1cc([O-])c(/C=C\C(=O)O)cc1[C@@H](O)CC(C)C.COc1cc2oc(=O)ccc2cc1[C@@H](O)CC(C)C.O=C(O)/C=C/c1ccccc1[O-].O=C(O)/C=C\c1ccccc1[O-].O=c1ccc2ccccc2o1.[Na+].[Na+].[Na+].[OH-].[OH-]. The van der Waals surface area contributed by atoms with Crippen molar-refractivity contribution in [1.29, 1.82) is 0 Å². The number of rotatable bonds is 14. The van der Waals surface area contributed by atoms with Gasteiger partial charge in [-0.15, -0.1) is 11.5 Å². The molecule has 0 aliphatic heterocycles. The van der Waals surface area contributed by atoms with E-state index in [1.807, 2.05) is 38.1 Å². The minimum Gasteiger partial charge on any atom is -0.872 e. The van der Waals surface area contributed by atoms with Gasteiger partial charge in [-0.2, -0.15) is 0 Å². The molecule has 406 valence electrons. The molecule has 79 heavy (non-hydrogen) atoms. The number of carboxylic acid groups (broad SMARTS) is 3. The first-order valence-electron chi connectivity index (χ1n) is 22.7. The van der Waals surface area contributed by atoms with Gasteiger partial charge in [-0.1, -0.05) is 100 Å². The molecule has 0 saturated carbocycles. The van der Waals surface area contributed by atoms with E-state index in [1.54, 1.807) is 60.7 Å². The van der Waals surface area contributed by atoms with Gasteiger partial charge in [0.2, 0.25) is 0 Å². The Morgan fingerprint density at radius 2 is 0.873 bits per heavy atom. The Balaban J connectivity index is -0.000000917. The fourth-order valence-corrected chi connectivity index (χ4v) is 6.59. The Morgan fingerprint density at radius 3 is 1.30 bits per heavy atom. The van der Waals surface area contributed by atoms with Crippen molar-refractivity contribution < 1.29 is 173 Å². The zero-order valence-corrected chi connectivity index (χ0v) is 51.3. The Hall–Kier alpha value is -6.01. The van der Waals surface area contributed by atoms with Crippen LogP contribution in [0.5, 0.6) is 28.7 Å². The topological polar surface area (TPSA) is 360 Å². The summed E-state index contributed by atoms with van der Waals surface area (Å²) in [6, 6.07) is 32.4. The average Bonchev–Trinajstić information content (AvgIpc) is 3.35. The second kappa shape index (κ2) is 40.2. The second-order valence-corrected chi connectivity index (χ2v) is 16.7. The Bertz CT molecular complexity index is 3120. The van der Waals surface area contributed by atoms with Gasteiger partial charge in [0.1, 0.15) is 22.7 Å². The number of hydrogen-bond acceptors (Lipinski definition) is 16. The van der Waals surface area contributed by atoms with Crippen molar-refractivity contribution in [3.05, 3.63) is 188 Å². The molecule has 0 bridgehead atoms. The van der Waals surface area contributed by atoms with E-state index in [4.69, 9.17) is 33.6 Å². The molecule has 7 aromatic rings. The van der Waals surface area contributed by atoms with E-state index in [-0.39, 0.29) is 134 Å². The quantitative estimate of drug-likeness (QED) is 0.0495. The molecule has 2 aromatic heterocycles. The third kappa shape index (κ3) is 28.1. The fraction of sp³-hybridized carbons (Fsp3) is 0.211. The van der Waals surface area contributed by atoms with E-state index in [0.717, 1.165) is 34.6 Å². The van der Waals surface area contributed by atoms with Gasteiger partial charge in [0, 0.05) is 58.3 Å². The number of aliphatic hydroxyl groups excluding tert-OH is 2. The number of ether oxygens (including phenoxy) is 2. The van der Waals surface area contributed by atoms with E-state index in [9.17, 15) is 49.5 Å². The molecule has 7 rings (SSSR count). The van der Waals surface area contributed by atoms with Crippen LogP contribution in [0.25, 0.3) is 40.2 Å². The van der Waals surface area contributed by atoms with Crippen molar-refractivity contribution in [2.24, 2.45) is 11.8 Å². The normalized spacial score (nSPS) is 10.9. The first-order valence-corrected chi connectivity index (χ1v) is 22.7. The summed E-state index contributed by atoms with van der Waals surface area (Å²) in [5.41, 5.74) is 2.60. The van der Waals surface area contributed by atoms with Crippen LogP contribution in [0.2, 0.25) is 0 Å². The first kappa shape index (κ1) is 77.2. The maximum Gasteiger partial charge on any atom is 1.00 e. The summed E-state index contributed by atoms with van der Waals surface area (Å²) < 4.78 is 20.4. The van der Waals surface area contributed by atoms with Crippen LogP contribution in [0.1, 0.15) is 80.6 Å². The van der Waals surface area contributed by atoms with Crippen molar-refractivity contribution in [2.45, 2.75) is 52.7 Å². The molecule has 22 heteroatoms. The molecule has 7 N–H and O–H groups in total. The van der Waals surface area contributed by atoms with Crippen molar-refractivity contribution in [2.75, 3.05) is 14.2 Å². The third-order valence-electron chi connectivity index (χ3n) is 10.0. The average molecular weight is 1120 g/mol. The molecule has 0 unspecified atom stereocenters. The zero-order valence-electron chi connectivity index (χ0n) is 45.3. The fourth-order valence-electron chi connectivity index (χ4n) is 6.59. The number of carboxylic acids is 3. The number of para-hydroxylation sites is 3. The van der Waals surface area contributed by atoms with Gasteiger partial charge in [-0.3, -0.25) is 0 Å². The molecule has 0 aliphatic carbocycles. The monoisotopic (exact) mass is 1120 g/mol. The molecular formula is C57H59Na3O19-2. The van der Waals surface area contributed by atoms with Crippen LogP contribution in [0.15, 0.2) is 158 Å². The van der Waals surface area contributed by atoms with E-state index in [2.05, 4.69) is 13.8 Å². The Labute approximate surface area is 522 Å². The molecule has 0 aliphatic rings. The number of hydrogen-bond donors (Lipinski definition) is 5. The van der Waals surface area contributed by atoms with Crippen molar-refractivity contribution in [3.8, 4) is 28.7 Å². The smallest absolute Gasteiger partial charge is 0.872 e. The number of fused-ring (bicyclic) bond motifs is 2. The van der Waals surface area contributed by atoms with E-state index >= 15 is 0 Å². The Kier molecular flexibility index (Phi) is 39.3. The Morgan fingerprint density at radius 1 is 0.494 bits per heavy atom. The van der Waals surface area contributed by atoms with E-state index in [1.165, 1.54) is 68.8 Å². The minimum absolute atomic E-state index is 0. The summed E-state index contributed by atoms with van der Waals surface area (Å²) in [7, 11) is 2.96. The number of aliphatic carboxylic acids is 3. The van der Waals surface area contributed by atoms with Crippen LogP contribution < -0.4 is 125 Å². The standard InChI is InChI=1S/C15H20O5.C15H18O4.2C9H8O3.C9H6O2.3Na.2H2O/c1-9(2)6-13(17)11-7-10(4-5-15(18)19)12(16)8-14(11)20-3;1-9(2)6-12(16)11-7-10-4-5-15(17)19-13(10)8-14(11)18-3;2*10-8-4-2-1-3-7(8)5-6-9(11)12;10-9-6-5-7-3-1-2-4-8(7)11-9;;;;;/h4-5,7-9,13,16-17H,6H2,1-3H3,(H,18,19);4-5,7-9,12,16H,6H2,1-3H3;2*1-6,10H,(H,11,12);1-6H;;;;2*1H2/q;;;;;3*+1;;/p-5/b5-4-;;6-5+;6-5-;;;;;;/t13-;12-;;;;;;;;/m00......../s1. The molecule has 2 atom stereocenters. The molecule has 0 fully saturated rings. The van der Waals surface area contributed by atoms with Crippen LogP contribution in [-0.2, 0) is 14.4 Å². The first-order chi connectivity index (χ1) is 35.1. The van der Waals surface area contributed by atoms with Crippen LogP contribution >= 0.6 is 0 Å². The van der Waals surface area contributed by atoms with Gasteiger partial charge in [-0.25, -0.2) is 24.0 Å². The number of carbonyl (C=O) groups is 3. The maximum atomic E-state index is 11.8. The van der Waals surface area contributed by atoms with Crippen LogP contribution in [-0.4, -0.2) is 68.6 Å². The number of methoxy groups -OCH3 is 2. The summed E-state index contributed by atoms with van der Waals surface area (Å²) in [4.78, 5) is 52.6. The van der Waals surface area contributed by atoms with Gasteiger partial charge in [-0.05, 0) is 96.0 Å². The molecule has 2 heterocycles. The summed E-state index contributed by atoms with van der Waals surface area (Å²) in [6.07, 6.45) is 6.38. The largest absolute Gasteiger partial charge is 1.00 e. The van der Waals surface area contributed by atoms with Crippen LogP contribution in [0.4, 0.5) is 0 Å². The summed E-state index contributed by atoms with van der Waals surface area (Å²) >= 11 is 0. The molecule has 0 radical (unpaired) electrons. The van der Waals surface area contributed by atoms with Gasteiger partial charge in [0.15, 0.2) is 0 Å². The predicted octanol–water partition coefficient (Wildman–Crippen LogP) is -1.01. The number of benzene rings is 5. The van der Waals surface area contributed by atoms with Crippen molar-refractivity contribution in [1.82, 2.24) is 0 Å². The third-order valence-corrected chi connectivity index (χ3v) is 10.0. The molecule has 5 aromatic carbocycles. The summed E-state index contributed by atoms with van der Waals surface area (Å²) in [6.45, 7) is 8.05. The summed E-state index contributed by atoms with van der Waals surface area (Å²) in [5, 5.41) is 81.1. The molecule has 0 amide bonds. The number of aliphatic hydroxyl groups is 2. The molecule has 0 saturated heterocycles. The van der Waals surface area contributed by atoms with Crippen LogP contribution in [0.3, 0.4) is 0 Å². The van der Waals surface area contributed by atoms with Gasteiger partial charge in [0.25, 0.3) is 0 Å². The van der Waals surface area contributed by atoms with Gasteiger partial charge < -0.3 is 70.1 Å².